The van der Waals surface area contributed by atoms with Gasteiger partial charge in [-0.2, -0.15) is 5.10 Å². The number of rotatable bonds is 5. The summed E-state index contributed by atoms with van der Waals surface area (Å²) in [7, 11) is 0. The van der Waals surface area contributed by atoms with E-state index < -0.39 is 15.9 Å². The van der Waals surface area contributed by atoms with Gasteiger partial charge in [-0.05, 0) is 54.9 Å². The Morgan fingerprint density at radius 2 is 1.61 bits per heavy atom. The number of hydrazone groups is 1. The zero-order valence-electron chi connectivity index (χ0n) is 19.9. The second-order valence-corrected chi connectivity index (χ2v) is 9.82. The van der Waals surface area contributed by atoms with Crippen molar-refractivity contribution >= 4 is 29.1 Å². The first-order valence-electron chi connectivity index (χ1n) is 12.5. The fourth-order valence-electron chi connectivity index (χ4n) is 5.80. The van der Waals surface area contributed by atoms with E-state index in [-0.39, 0.29) is 29.1 Å². The Balaban J connectivity index is 1.55. The molecule has 2 saturated carbocycles. The second kappa shape index (κ2) is 10.0. The van der Waals surface area contributed by atoms with Crippen molar-refractivity contribution in [2.75, 3.05) is 0 Å². The molecule has 3 aliphatic rings. The highest BCUT2D eigenvalue weighted by Crippen LogP contribution is 2.46. The van der Waals surface area contributed by atoms with Crippen molar-refractivity contribution in [3.63, 3.8) is 0 Å². The molecule has 186 valence electrons. The number of amides is 1. The van der Waals surface area contributed by atoms with E-state index in [2.05, 4.69) is 0 Å². The smallest absolute Gasteiger partial charge is 0.270 e. The summed E-state index contributed by atoms with van der Waals surface area (Å²) in [5.74, 6) is -0.185. The maximum Gasteiger partial charge on any atom is 0.270 e. The quantitative estimate of drug-likeness (QED) is 0.366. The molecule has 0 spiro atoms. The summed E-state index contributed by atoms with van der Waals surface area (Å²) in [4.78, 5) is 35.6. The summed E-state index contributed by atoms with van der Waals surface area (Å²) in [6.07, 6.45) is 9.21. The molecule has 2 fully saturated rings. The van der Waals surface area contributed by atoms with E-state index in [1.165, 1.54) is 18.2 Å². The van der Waals surface area contributed by atoms with Gasteiger partial charge in [0.05, 0.1) is 21.6 Å². The summed E-state index contributed by atoms with van der Waals surface area (Å²) in [6, 6.07) is 12.6. The standard InChI is InChI=1S/C27H28N4O5/c32-27(19-8-2-1-3-9-19)29-26(21-11-5-13-23(17-21)31(35)36)24-14-6-10-20(25(24)28-29)15-18-7-4-12-22(16-18)30(33)34/h4-5,7,11-13,15-17,19,24,26H,1-3,6,8-10,14H2/b20-15-. The molecular formula is C27H28N4O5. The number of nitro groups is 2. The van der Waals surface area contributed by atoms with Crippen LogP contribution in [0.3, 0.4) is 0 Å². The van der Waals surface area contributed by atoms with Crippen LogP contribution in [-0.2, 0) is 4.79 Å². The van der Waals surface area contributed by atoms with E-state index in [1.54, 1.807) is 23.2 Å². The molecule has 1 amide bonds. The van der Waals surface area contributed by atoms with E-state index in [4.69, 9.17) is 5.10 Å². The highest BCUT2D eigenvalue weighted by Gasteiger charge is 2.45. The molecule has 0 radical (unpaired) electrons. The number of carbonyl (C=O) groups excluding carboxylic acids is 1. The van der Waals surface area contributed by atoms with Crippen LogP contribution in [0.2, 0.25) is 0 Å². The second-order valence-electron chi connectivity index (χ2n) is 9.82. The fraction of sp³-hybridized carbons (Fsp3) is 0.407. The van der Waals surface area contributed by atoms with E-state index >= 15 is 0 Å². The third-order valence-corrected chi connectivity index (χ3v) is 7.53. The highest BCUT2D eigenvalue weighted by atomic mass is 16.6. The van der Waals surface area contributed by atoms with Crippen molar-refractivity contribution in [3.05, 3.63) is 85.5 Å². The minimum Gasteiger partial charge on any atom is -0.273 e. The molecule has 9 heteroatoms. The van der Waals surface area contributed by atoms with Crippen molar-refractivity contribution in [2.24, 2.45) is 16.9 Å². The van der Waals surface area contributed by atoms with E-state index in [0.29, 0.717) is 11.1 Å². The zero-order chi connectivity index (χ0) is 25.2. The molecule has 9 nitrogen and oxygen atoms in total. The monoisotopic (exact) mass is 488 g/mol. The van der Waals surface area contributed by atoms with Crippen LogP contribution >= 0.6 is 0 Å². The Hall–Kier alpha value is -3.88. The van der Waals surface area contributed by atoms with Crippen LogP contribution in [0.5, 0.6) is 0 Å². The zero-order valence-corrected chi connectivity index (χ0v) is 19.9. The van der Waals surface area contributed by atoms with Crippen LogP contribution in [0, 0.1) is 32.1 Å². The van der Waals surface area contributed by atoms with Crippen LogP contribution in [0.15, 0.2) is 59.2 Å². The summed E-state index contributed by atoms with van der Waals surface area (Å²) in [5, 5.41) is 29.2. The Labute approximate surface area is 208 Å². The number of carbonyl (C=O) groups is 1. The van der Waals surface area contributed by atoms with Crippen LogP contribution in [-0.4, -0.2) is 26.5 Å². The van der Waals surface area contributed by atoms with Gasteiger partial charge in [0.15, 0.2) is 0 Å². The van der Waals surface area contributed by atoms with Gasteiger partial charge < -0.3 is 0 Å². The molecule has 5 rings (SSSR count). The molecule has 1 heterocycles. The lowest BCUT2D eigenvalue weighted by molar-refractivity contribution is -0.385. The molecule has 2 unspecified atom stereocenters. The predicted octanol–water partition coefficient (Wildman–Crippen LogP) is 6.21. The lowest BCUT2D eigenvalue weighted by Gasteiger charge is -2.32. The Morgan fingerprint density at radius 3 is 2.33 bits per heavy atom. The topological polar surface area (TPSA) is 119 Å². The van der Waals surface area contributed by atoms with Gasteiger partial charge in [0.1, 0.15) is 0 Å². The third-order valence-electron chi connectivity index (χ3n) is 7.53. The van der Waals surface area contributed by atoms with Crippen molar-refractivity contribution in [2.45, 2.75) is 57.4 Å². The first-order chi connectivity index (χ1) is 17.4. The number of benzene rings is 2. The van der Waals surface area contributed by atoms with Crippen molar-refractivity contribution in [1.82, 2.24) is 5.01 Å². The van der Waals surface area contributed by atoms with Gasteiger partial charge in [0.2, 0.25) is 5.91 Å². The lowest BCUT2D eigenvalue weighted by Crippen LogP contribution is -2.36. The first kappa shape index (κ1) is 23.8. The molecule has 1 aliphatic heterocycles. The van der Waals surface area contributed by atoms with Crippen molar-refractivity contribution in [1.29, 1.82) is 0 Å². The van der Waals surface area contributed by atoms with Crippen LogP contribution in [0.1, 0.15) is 68.5 Å². The molecule has 2 atom stereocenters. The Morgan fingerprint density at radius 1 is 0.917 bits per heavy atom. The van der Waals surface area contributed by atoms with Gasteiger partial charge in [-0.25, -0.2) is 5.01 Å². The average molecular weight is 489 g/mol. The van der Waals surface area contributed by atoms with Gasteiger partial charge in [0, 0.05) is 36.1 Å². The van der Waals surface area contributed by atoms with Gasteiger partial charge >= 0.3 is 0 Å². The fourth-order valence-corrected chi connectivity index (χ4v) is 5.80. The van der Waals surface area contributed by atoms with Crippen molar-refractivity contribution in [3.8, 4) is 0 Å². The number of nitrogens with zero attached hydrogens (tertiary/aromatic N) is 4. The number of hydrogen-bond donors (Lipinski definition) is 0. The van der Waals surface area contributed by atoms with Gasteiger partial charge in [-0.15, -0.1) is 0 Å². The molecule has 2 aliphatic carbocycles. The Kier molecular flexibility index (Phi) is 6.63. The summed E-state index contributed by atoms with van der Waals surface area (Å²) in [5.41, 5.74) is 3.22. The molecule has 2 aromatic carbocycles. The maximum absolute atomic E-state index is 13.7. The largest absolute Gasteiger partial charge is 0.273 e. The highest BCUT2D eigenvalue weighted by molar-refractivity contribution is 6.08. The molecule has 0 saturated heterocycles. The van der Waals surface area contributed by atoms with E-state index in [0.717, 1.165) is 62.7 Å². The van der Waals surface area contributed by atoms with Gasteiger partial charge in [-0.1, -0.05) is 43.5 Å². The Bertz CT molecular complexity index is 1260. The van der Waals surface area contributed by atoms with Crippen LogP contribution in [0.25, 0.3) is 6.08 Å². The third kappa shape index (κ3) is 4.65. The number of nitro benzene ring substituents is 2. The minimum absolute atomic E-state index is 0.00538. The molecule has 0 N–H and O–H groups in total. The SMILES string of the molecule is O=C(C1CCCCC1)N1N=C2/C(=C\c3cccc([N+](=O)[O-])c3)CCCC2C1c1cccc([N+](=O)[O-])c1. The molecule has 0 bridgehead atoms. The van der Waals surface area contributed by atoms with Crippen molar-refractivity contribution < 1.29 is 14.6 Å². The number of hydrogen-bond acceptors (Lipinski definition) is 6. The van der Waals surface area contributed by atoms with E-state index in [1.807, 2.05) is 18.2 Å². The number of fused-ring (bicyclic) bond motifs is 1. The molecule has 2 aromatic rings. The van der Waals surface area contributed by atoms with Gasteiger partial charge in [-0.3, -0.25) is 25.0 Å². The summed E-state index contributed by atoms with van der Waals surface area (Å²) >= 11 is 0. The van der Waals surface area contributed by atoms with Gasteiger partial charge in [0.25, 0.3) is 11.4 Å². The predicted molar refractivity (Wildman–Crippen MR) is 135 cm³/mol. The minimum atomic E-state index is -0.415. The summed E-state index contributed by atoms with van der Waals surface area (Å²) in [6.45, 7) is 0. The maximum atomic E-state index is 13.7. The lowest BCUT2D eigenvalue weighted by atomic mass is 9.77. The molecular weight excluding hydrogens is 460 g/mol. The normalized spacial score (nSPS) is 23.3. The first-order valence-corrected chi connectivity index (χ1v) is 12.5. The molecule has 36 heavy (non-hydrogen) atoms. The summed E-state index contributed by atoms with van der Waals surface area (Å²) < 4.78 is 0. The number of non-ortho nitro benzene ring substituents is 2. The number of allylic oxidation sites excluding steroid dienone is 1. The van der Waals surface area contributed by atoms with E-state index in [9.17, 15) is 25.0 Å². The van der Waals surface area contributed by atoms with Crippen LogP contribution < -0.4 is 0 Å². The average Bonchev–Trinajstić information content (AvgIpc) is 3.29. The molecule has 0 aromatic heterocycles. The van der Waals surface area contributed by atoms with Crippen LogP contribution in [0.4, 0.5) is 11.4 Å².